The quantitative estimate of drug-likeness (QED) is 0.571. The van der Waals surface area contributed by atoms with Crippen molar-refractivity contribution >= 4 is 11.1 Å². The summed E-state index contributed by atoms with van der Waals surface area (Å²) in [6.07, 6.45) is -0.430. The van der Waals surface area contributed by atoms with Crippen molar-refractivity contribution < 1.29 is 17.5 Å². The summed E-state index contributed by atoms with van der Waals surface area (Å²) in [5.74, 6) is -4.11. The first kappa shape index (κ1) is 8.97. The van der Waals surface area contributed by atoms with Gasteiger partial charge < -0.3 is 4.55 Å². The second kappa shape index (κ2) is 3.22. The molecule has 1 unspecified atom stereocenters. The lowest BCUT2D eigenvalue weighted by molar-refractivity contribution is 0.0214. The fourth-order valence-electron chi connectivity index (χ4n) is 0.274. The number of rotatable bonds is 3. The molecule has 0 saturated carbocycles. The van der Waals surface area contributed by atoms with Crippen molar-refractivity contribution in [2.24, 2.45) is 0 Å². The second-order valence-electron chi connectivity index (χ2n) is 1.66. The summed E-state index contributed by atoms with van der Waals surface area (Å²) in [6.45, 7) is 1.24. The third kappa shape index (κ3) is 4.47. The third-order valence-electron chi connectivity index (χ3n) is 0.846. The van der Waals surface area contributed by atoms with Gasteiger partial charge in [-0.05, 0) is 11.1 Å². The smallest absolute Gasteiger partial charge is 0.258 e. The molecule has 0 amide bonds. The molecule has 5 heteroatoms. The Hall–Kier alpha value is -0.0300. The SMILES string of the molecule is CCC(F)(F)CS(=O)[O-]. The van der Waals surface area contributed by atoms with Gasteiger partial charge in [-0.25, -0.2) is 8.78 Å². The van der Waals surface area contributed by atoms with Crippen LogP contribution in [0.2, 0.25) is 0 Å². The van der Waals surface area contributed by atoms with E-state index in [0.29, 0.717) is 0 Å². The Morgan fingerprint density at radius 1 is 1.67 bits per heavy atom. The van der Waals surface area contributed by atoms with Crippen LogP contribution >= 0.6 is 0 Å². The van der Waals surface area contributed by atoms with E-state index in [1.807, 2.05) is 0 Å². The highest BCUT2D eigenvalue weighted by Crippen LogP contribution is 2.17. The van der Waals surface area contributed by atoms with Crippen molar-refractivity contribution in [3.8, 4) is 0 Å². The van der Waals surface area contributed by atoms with E-state index in [0.717, 1.165) is 0 Å². The minimum absolute atomic E-state index is 0.430. The van der Waals surface area contributed by atoms with Gasteiger partial charge in [0.15, 0.2) is 0 Å². The lowest BCUT2D eigenvalue weighted by Crippen LogP contribution is -2.23. The summed E-state index contributed by atoms with van der Waals surface area (Å²) in [5, 5.41) is 0. The Bertz CT molecular complexity index is 115. The Balaban J connectivity index is 3.71. The summed E-state index contributed by atoms with van der Waals surface area (Å²) < 4.78 is 43.4. The number of halogens is 2. The molecule has 0 radical (unpaired) electrons. The first-order valence-electron chi connectivity index (χ1n) is 2.41. The van der Waals surface area contributed by atoms with Crippen LogP contribution in [-0.4, -0.2) is 20.4 Å². The average Bonchev–Trinajstić information content (AvgIpc) is 1.63. The van der Waals surface area contributed by atoms with Gasteiger partial charge in [0, 0.05) is 6.42 Å². The largest absolute Gasteiger partial charge is 0.772 e. The zero-order chi connectivity index (χ0) is 7.49. The van der Waals surface area contributed by atoms with E-state index in [2.05, 4.69) is 0 Å². The van der Waals surface area contributed by atoms with Crippen molar-refractivity contribution in [3.63, 3.8) is 0 Å². The highest BCUT2D eigenvalue weighted by atomic mass is 32.2. The fourth-order valence-corrected chi connectivity index (χ4v) is 0.823. The van der Waals surface area contributed by atoms with Gasteiger partial charge in [0.2, 0.25) is 0 Å². The van der Waals surface area contributed by atoms with Crippen molar-refractivity contribution in [2.45, 2.75) is 19.3 Å². The topological polar surface area (TPSA) is 40.1 Å². The van der Waals surface area contributed by atoms with Crippen LogP contribution in [-0.2, 0) is 11.1 Å². The highest BCUT2D eigenvalue weighted by Gasteiger charge is 2.25. The van der Waals surface area contributed by atoms with E-state index in [9.17, 15) is 17.5 Å². The zero-order valence-corrected chi connectivity index (χ0v) is 5.71. The van der Waals surface area contributed by atoms with Crippen molar-refractivity contribution in [1.29, 1.82) is 0 Å². The first-order valence-corrected chi connectivity index (χ1v) is 3.66. The molecule has 0 heterocycles. The van der Waals surface area contributed by atoms with Gasteiger partial charge >= 0.3 is 0 Å². The molecule has 0 aromatic heterocycles. The Morgan fingerprint density at radius 2 is 2.11 bits per heavy atom. The van der Waals surface area contributed by atoms with Crippen LogP contribution in [0.1, 0.15) is 13.3 Å². The highest BCUT2D eigenvalue weighted by molar-refractivity contribution is 7.79. The summed E-state index contributed by atoms with van der Waals surface area (Å²) in [5.41, 5.74) is 0. The molecule has 0 fully saturated rings. The van der Waals surface area contributed by atoms with Crippen LogP contribution in [0.5, 0.6) is 0 Å². The predicted octanol–water partition coefficient (Wildman–Crippen LogP) is 0.911. The van der Waals surface area contributed by atoms with Crippen molar-refractivity contribution in [1.82, 2.24) is 0 Å². The van der Waals surface area contributed by atoms with Crippen molar-refractivity contribution in [3.05, 3.63) is 0 Å². The Labute approximate surface area is 54.5 Å². The molecule has 0 aromatic rings. The summed E-state index contributed by atoms with van der Waals surface area (Å²) in [6, 6.07) is 0. The maximum atomic E-state index is 12.0. The molecule has 2 nitrogen and oxygen atoms in total. The molecule has 0 aromatic carbocycles. The standard InChI is InChI=1S/C4H8F2O2S/c1-2-4(5,6)3-9(7)8/h2-3H2,1H3,(H,7,8)/p-1. The molecule has 0 saturated heterocycles. The summed E-state index contributed by atoms with van der Waals surface area (Å²) in [7, 11) is 0. The van der Waals surface area contributed by atoms with Crippen LogP contribution in [0.3, 0.4) is 0 Å². The normalized spacial score (nSPS) is 15.6. The lowest BCUT2D eigenvalue weighted by atomic mass is 10.3. The first-order chi connectivity index (χ1) is 3.98. The van der Waals surface area contributed by atoms with Crippen LogP contribution in [0.25, 0.3) is 0 Å². The van der Waals surface area contributed by atoms with Gasteiger partial charge in [-0.3, -0.25) is 4.21 Å². The predicted molar refractivity (Wildman–Crippen MR) is 29.0 cm³/mol. The molecule has 1 atom stereocenters. The van der Waals surface area contributed by atoms with Crippen LogP contribution < -0.4 is 0 Å². The molecule has 0 aliphatic rings. The van der Waals surface area contributed by atoms with E-state index in [1.165, 1.54) is 6.92 Å². The molecule has 0 N–H and O–H groups in total. The van der Waals surface area contributed by atoms with Crippen LogP contribution in [0.4, 0.5) is 8.78 Å². The van der Waals surface area contributed by atoms with Gasteiger partial charge in [0.1, 0.15) is 0 Å². The van der Waals surface area contributed by atoms with Crippen LogP contribution in [0.15, 0.2) is 0 Å². The van der Waals surface area contributed by atoms with E-state index in [4.69, 9.17) is 0 Å². The second-order valence-corrected chi connectivity index (χ2v) is 2.55. The minimum Gasteiger partial charge on any atom is -0.772 e. The molecule has 0 spiro atoms. The van der Waals surface area contributed by atoms with E-state index in [-0.39, 0.29) is 0 Å². The Morgan fingerprint density at radius 3 is 2.22 bits per heavy atom. The van der Waals surface area contributed by atoms with Gasteiger partial charge in [0.05, 0.1) is 5.75 Å². The molecule has 56 valence electrons. The summed E-state index contributed by atoms with van der Waals surface area (Å²) >= 11 is -2.63. The third-order valence-corrected chi connectivity index (χ3v) is 1.50. The molecule has 0 bridgehead atoms. The lowest BCUT2D eigenvalue weighted by Gasteiger charge is -2.14. The Kier molecular flexibility index (Phi) is 3.21. The van der Waals surface area contributed by atoms with Gasteiger partial charge in [-0.15, -0.1) is 0 Å². The average molecular weight is 157 g/mol. The van der Waals surface area contributed by atoms with Gasteiger partial charge in [-0.2, -0.15) is 0 Å². The molecule has 9 heavy (non-hydrogen) atoms. The number of hydrogen-bond acceptors (Lipinski definition) is 2. The number of alkyl halides is 2. The molecular weight excluding hydrogens is 150 g/mol. The molecule has 0 aliphatic heterocycles. The molecule has 0 aliphatic carbocycles. The monoisotopic (exact) mass is 157 g/mol. The maximum Gasteiger partial charge on any atom is 0.258 e. The zero-order valence-electron chi connectivity index (χ0n) is 4.89. The van der Waals surface area contributed by atoms with E-state index >= 15 is 0 Å². The maximum absolute atomic E-state index is 12.0. The summed E-state index contributed by atoms with van der Waals surface area (Å²) in [4.78, 5) is 0. The molecule has 0 rings (SSSR count). The fraction of sp³-hybridized carbons (Fsp3) is 1.00. The van der Waals surface area contributed by atoms with Crippen molar-refractivity contribution in [2.75, 3.05) is 5.75 Å². The van der Waals surface area contributed by atoms with Crippen LogP contribution in [0, 0.1) is 0 Å². The van der Waals surface area contributed by atoms with Gasteiger partial charge in [0.25, 0.3) is 5.92 Å². The molecular formula is C4H7F2O2S-. The van der Waals surface area contributed by atoms with E-state index in [1.54, 1.807) is 0 Å². The number of hydrogen-bond donors (Lipinski definition) is 0. The van der Waals surface area contributed by atoms with E-state index < -0.39 is 29.2 Å². The van der Waals surface area contributed by atoms with Gasteiger partial charge in [-0.1, -0.05) is 6.92 Å². The minimum atomic E-state index is -3.05.